The van der Waals surface area contributed by atoms with E-state index in [-0.39, 0.29) is 16.7 Å². The maximum atomic E-state index is 13.6. The Labute approximate surface area is 134 Å². The summed E-state index contributed by atoms with van der Waals surface area (Å²) in [6.45, 7) is 0.133. The molecule has 2 aromatic rings. The van der Waals surface area contributed by atoms with Crippen LogP contribution in [-0.4, -0.2) is 11.3 Å². The third-order valence-electron chi connectivity index (χ3n) is 2.20. The molecule has 0 saturated heterocycles. The molecule has 10 heteroatoms. The zero-order valence-corrected chi connectivity index (χ0v) is 13.1. The number of rotatable bonds is 4. The summed E-state index contributed by atoms with van der Waals surface area (Å²) in [5, 5.41) is 2.66. The second-order valence-electron chi connectivity index (χ2n) is 3.75. The molecule has 0 spiro atoms. The van der Waals surface area contributed by atoms with E-state index in [9.17, 15) is 17.6 Å². The summed E-state index contributed by atoms with van der Waals surface area (Å²) in [5.74, 6) is -2.05. The van der Waals surface area contributed by atoms with E-state index in [0.29, 0.717) is 9.34 Å². The van der Waals surface area contributed by atoms with Gasteiger partial charge in [0.15, 0.2) is 16.0 Å². The molecule has 0 saturated carbocycles. The number of thiazole rings is 1. The Morgan fingerprint density at radius 1 is 1.38 bits per heavy atom. The average Bonchev–Trinajstić information content (AvgIpc) is 2.75. The third kappa shape index (κ3) is 4.72. The van der Waals surface area contributed by atoms with Crippen LogP contribution in [-0.2, 0) is 6.54 Å². The van der Waals surface area contributed by atoms with Gasteiger partial charge in [-0.2, -0.15) is 0 Å². The van der Waals surface area contributed by atoms with Crippen LogP contribution in [0.15, 0.2) is 22.8 Å². The lowest BCUT2D eigenvalue weighted by molar-refractivity contribution is -0.275. The molecule has 21 heavy (non-hydrogen) atoms. The molecule has 0 aliphatic rings. The Balaban J connectivity index is 2.24. The summed E-state index contributed by atoms with van der Waals surface area (Å²) >= 11 is 9.82. The highest BCUT2D eigenvalue weighted by atomic mass is 79.9. The van der Waals surface area contributed by atoms with Gasteiger partial charge in [-0.3, -0.25) is 0 Å². The van der Waals surface area contributed by atoms with Crippen LogP contribution >= 0.6 is 38.9 Å². The molecule has 0 atom stereocenters. The fourth-order valence-electron chi connectivity index (χ4n) is 1.46. The Kier molecular flexibility index (Phi) is 4.95. The Morgan fingerprint density at radius 2 is 2.10 bits per heavy atom. The topological polar surface area (TPSA) is 34.2 Å². The summed E-state index contributed by atoms with van der Waals surface area (Å²) < 4.78 is 54.9. The van der Waals surface area contributed by atoms with Gasteiger partial charge in [-0.1, -0.05) is 27.5 Å². The van der Waals surface area contributed by atoms with Crippen molar-refractivity contribution < 1.29 is 22.3 Å². The van der Waals surface area contributed by atoms with Gasteiger partial charge < -0.3 is 10.1 Å². The van der Waals surface area contributed by atoms with Crippen molar-refractivity contribution in [2.75, 3.05) is 5.32 Å². The van der Waals surface area contributed by atoms with Crippen LogP contribution in [0.3, 0.4) is 0 Å². The van der Waals surface area contributed by atoms with Crippen LogP contribution < -0.4 is 10.1 Å². The lowest BCUT2D eigenvalue weighted by atomic mass is 10.2. The molecule has 1 N–H and O–H groups in total. The van der Waals surface area contributed by atoms with Crippen molar-refractivity contribution in [1.29, 1.82) is 0 Å². The molecule has 0 fully saturated rings. The van der Waals surface area contributed by atoms with Gasteiger partial charge in [0.05, 0.1) is 12.2 Å². The van der Waals surface area contributed by atoms with E-state index in [1.165, 1.54) is 12.3 Å². The molecule has 1 aromatic carbocycles. The maximum absolute atomic E-state index is 13.6. The first-order chi connectivity index (χ1) is 9.74. The molecule has 1 heterocycles. The first-order valence-corrected chi connectivity index (χ1v) is 7.32. The van der Waals surface area contributed by atoms with E-state index < -0.39 is 17.9 Å². The lowest BCUT2D eigenvalue weighted by Crippen LogP contribution is -2.19. The molecule has 2 rings (SSSR count). The fourth-order valence-corrected chi connectivity index (χ4v) is 2.81. The summed E-state index contributed by atoms with van der Waals surface area (Å²) in [6.07, 6.45) is -3.52. The highest BCUT2D eigenvalue weighted by Crippen LogP contribution is 2.36. The molecule has 114 valence electrons. The minimum Gasteiger partial charge on any atom is -0.400 e. The van der Waals surface area contributed by atoms with Gasteiger partial charge in [0.25, 0.3) is 0 Å². The van der Waals surface area contributed by atoms with Gasteiger partial charge in [-0.15, -0.1) is 24.5 Å². The van der Waals surface area contributed by atoms with Crippen LogP contribution in [0.25, 0.3) is 0 Å². The quantitative estimate of drug-likeness (QED) is 0.709. The zero-order valence-electron chi connectivity index (χ0n) is 9.97. The number of hydrogen-bond donors (Lipinski definition) is 1. The van der Waals surface area contributed by atoms with Crippen molar-refractivity contribution in [1.82, 2.24) is 4.98 Å². The second-order valence-corrected chi connectivity index (χ2v) is 6.36. The van der Waals surface area contributed by atoms with Gasteiger partial charge >= 0.3 is 6.36 Å². The number of aromatic nitrogens is 1. The van der Waals surface area contributed by atoms with Crippen LogP contribution in [0.4, 0.5) is 23.2 Å². The van der Waals surface area contributed by atoms with E-state index in [2.05, 4.69) is 31.0 Å². The normalized spacial score (nSPS) is 11.5. The Hall–Kier alpha value is -1.06. The molecule has 1 aromatic heterocycles. The predicted octanol–water partition coefficient (Wildman–Crippen LogP) is 5.21. The van der Waals surface area contributed by atoms with Crippen molar-refractivity contribution in [3.8, 4) is 5.75 Å². The number of hydrogen-bond acceptors (Lipinski definition) is 4. The number of alkyl halides is 3. The minimum atomic E-state index is -4.99. The van der Waals surface area contributed by atoms with E-state index in [4.69, 9.17) is 11.6 Å². The van der Waals surface area contributed by atoms with Crippen LogP contribution in [0.2, 0.25) is 4.47 Å². The minimum absolute atomic E-state index is 0.133. The molecule has 0 radical (unpaired) electrons. The second kappa shape index (κ2) is 6.37. The number of anilines is 1. The van der Waals surface area contributed by atoms with Crippen LogP contribution in [0.1, 0.15) is 4.88 Å². The maximum Gasteiger partial charge on any atom is 0.573 e. The molecule has 0 amide bonds. The monoisotopic (exact) mass is 404 g/mol. The number of ether oxygens (including phenoxy) is 1. The van der Waals surface area contributed by atoms with Gasteiger partial charge in [-0.05, 0) is 12.1 Å². The standard InChI is InChI=1S/C11H6BrClF4N2OS/c12-5-1-7(14)9(20-11(15,16)17)8(2-5)18-3-6-4-19-10(13)21-6/h1-2,4,18H,3H2. The summed E-state index contributed by atoms with van der Waals surface area (Å²) in [6, 6.07) is 2.17. The molecule has 0 aliphatic heterocycles. The van der Waals surface area contributed by atoms with Crippen LogP contribution in [0, 0.1) is 5.82 Å². The van der Waals surface area contributed by atoms with Crippen LogP contribution in [0.5, 0.6) is 5.75 Å². The lowest BCUT2D eigenvalue weighted by Gasteiger charge is -2.15. The first-order valence-electron chi connectivity index (χ1n) is 5.33. The molecule has 0 unspecified atom stereocenters. The number of nitrogens with zero attached hydrogens (tertiary/aromatic N) is 1. The zero-order chi connectivity index (χ0) is 15.6. The number of benzene rings is 1. The SMILES string of the molecule is Fc1cc(Br)cc(NCc2cnc(Cl)s2)c1OC(F)(F)F. The highest BCUT2D eigenvalue weighted by Gasteiger charge is 2.33. The highest BCUT2D eigenvalue weighted by molar-refractivity contribution is 9.10. The van der Waals surface area contributed by atoms with Gasteiger partial charge in [0.1, 0.15) is 0 Å². The summed E-state index contributed by atoms with van der Waals surface area (Å²) in [5.41, 5.74) is -0.135. The van der Waals surface area contributed by atoms with Gasteiger partial charge in [0.2, 0.25) is 0 Å². The van der Waals surface area contributed by atoms with Gasteiger partial charge in [0, 0.05) is 15.5 Å². The predicted molar refractivity (Wildman–Crippen MR) is 75.2 cm³/mol. The Bertz CT molecular complexity index is 650. The smallest absolute Gasteiger partial charge is 0.400 e. The molecular weight excluding hydrogens is 400 g/mol. The largest absolute Gasteiger partial charge is 0.573 e. The van der Waals surface area contributed by atoms with E-state index in [0.717, 1.165) is 17.4 Å². The van der Waals surface area contributed by atoms with Crippen molar-refractivity contribution >= 4 is 44.6 Å². The van der Waals surface area contributed by atoms with Crippen molar-refractivity contribution in [3.05, 3.63) is 38.0 Å². The Morgan fingerprint density at radius 3 is 2.67 bits per heavy atom. The van der Waals surface area contributed by atoms with E-state index >= 15 is 0 Å². The molecule has 0 aliphatic carbocycles. The molecule has 0 bridgehead atoms. The fraction of sp³-hybridized carbons (Fsp3) is 0.182. The van der Waals surface area contributed by atoms with Crippen molar-refractivity contribution in [2.45, 2.75) is 12.9 Å². The summed E-state index contributed by atoms with van der Waals surface area (Å²) in [4.78, 5) is 4.47. The average molecular weight is 406 g/mol. The van der Waals surface area contributed by atoms with Gasteiger partial charge in [-0.25, -0.2) is 9.37 Å². The van der Waals surface area contributed by atoms with Crippen molar-refractivity contribution in [3.63, 3.8) is 0 Å². The van der Waals surface area contributed by atoms with Crippen molar-refractivity contribution in [2.24, 2.45) is 0 Å². The number of nitrogens with one attached hydrogen (secondary N) is 1. The molecular formula is C11H6BrClF4N2OS. The first kappa shape index (κ1) is 16.3. The summed E-state index contributed by atoms with van der Waals surface area (Å²) in [7, 11) is 0. The van der Waals surface area contributed by atoms with E-state index in [1.54, 1.807) is 0 Å². The third-order valence-corrected chi connectivity index (χ3v) is 3.78. The van der Waals surface area contributed by atoms with E-state index in [1.807, 2.05) is 0 Å². The number of halogens is 6. The molecule has 3 nitrogen and oxygen atoms in total.